The van der Waals surface area contributed by atoms with Gasteiger partial charge in [-0.3, -0.25) is 19.7 Å². The fraction of sp³-hybridized carbons (Fsp3) is 0.438. The second-order valence-corrected chi connectivity index (χ2v) is 8.15. The Morgan fingerprint density at radius 2 is 2.15 bits per heavy atom. The first kappa shape index (κ1) is 20.2. The molecule has 3 atom stereocenters. The fourth-order valence-corrected chi connectivity index (χ4v) is 4.63. The fourth-order valence-electron chi connectivity index (χ4n) is 2.58. The van der Waals surface area contributed by atoms with Gasteiger partial charge in [0.1, 0.15) is 11.4 Å². The SMILES string of the molecule is CC(=O)SCC(C)C(=O)N1C(c2cccc([N+](=O)[O-])c2)SC[C@H]1C(=O)O. The highest BCUT2D eigenvalue weighted by atomic mass is 32.2. The first-order valence-electron chi connectivity index (χ1n) is 7.76. The van der Waals surface area contributed by atoms with Crippen LogP contribution in [0.3, 0.4) is 0 Å². The Morgan fingerprint density at radius 1 is 1.46 bits per heavy atom. The van der Waals surface area contributed by atoms with Crippen molar-refractivity contribution >= 4 is 46.2 Å². The van der Waals surface area contributed by atoms with Crippen LogP contribution in [0, 0.1) is 16.0 Å². The average molecular weight is 398 g/mol. The molecule has 1 fully saturated rings. The zero-order valence-corrected chi connectivity index (χ0v) is 15.8. The molecule has 10 heteroatoms. The van der Waals surface area contributed by atoms with Gasteiger partial charge < -0.3 is 10.0 Å². The number of thioether (sulfide) groups is 2. The van der Waals surface area contributed by atoms with Gasteiger partial charge in [0.15, 0.2) is 5.12 Å². The Balaban J connectivity index is 2.31. The second-order valence-electron chi connectivity index (χ2n) is 5.84. The van der Waals surface area contributed by atoms with Gasteiger partial charge in [0.2, 0.25) is 5.91 Å². The quantitative estimate of drug-likeness (QED) is 0.574. The summed E-state index contributed by atoms with van der Waals surface area (Å²) in [6.45, 7) is 3.05. The van der Waals surface area contributed by atoms with Crippen LogP contribution in [-0.2, 0) is 14.4 Å². The van der Waals surface area contributed by atoms with Crippen molar-refractivity contribution in [2.45, 2.75) is 25.3 Å². The minimum absolute atomic E-state index is 0.116. The molecule has 140 valence electrons. The highest BCUT2D eigenvalue weighted by molar-refractivity contribution is 8.13. The third-order valence-corrected chi connectivity index (χ3v) is 6.26. The molecule has 1 aliphatic heterocycles. The Labute approximate surface area is 158 Å². The van der Waals surface area contributed by atoms with Gasteiger partial charge >= 0.3 is 5.97 Å². The summed E-state index contributed by atoms with van der Waals surface area (Å²) in [7, 11) is 0. The molecular weight excluding hydrogens is 380 g/mol. The minimum Gasteiger partial charge on any atom is -0.480 e. The molecule has 1 aliphatic rings. The minimum atomic E-state index is -1.12. The topological polar surface area (TPSA) is 118 Å². The van der Waals surface area contributed by atoms with Crippen molar-refractivity contribution in [3.05, 3.63) is 39.9 Å². The van der Waals surface area contributed by atoms with Crippen LogP contribution < -0.4 is 0 Å². The van der Waals surface area contributed by atoms with Crippen LogP contribution in [0.5, 0.6) is 0 Å². The number of aliphatic carboxylic acids is 1. The molecular formula is C16H18N2O6S2. The number of rotatable bonds is 6. The monoisotopic (exact) mass is 398 g/mol. The zero-order chi connectivity index (χ0) is 19.4. The second kappa shape index (κ2) is 8.54. The maximum atomic E-state index is 12.9. The lowest BCUT2D eigenvalue weighted by Crippen LogP contribution is -2.45. The highest BCUT2D eigenvalue weighted by Crippen LogP contribution is 2.43. The van der Waals surface area contributed by atoms with Gasteiger partial charge in [0.05, 0.1) is 4.92 Å². The van der Waals surface area contributed by atoms with Crippen molar-refractivity contribution in [1.82, 2.24) is 4.90 Å². The summed E-state index contributed by atoms with van der Waals surface area (Å²) in [5.41, 5.74) is 0.391. The van der Waals surface area contributed by atoms with E-state index in [-0.39, 0.29) is 28.2 Å². The maximum absolute atomic E-state index is 12.9. The van der Waals surface area contributed by atoms with E-state index in [1.165, 1.54) is 41.8 Å². The summed E-state index contributed by atoms with van der Waals surface area (Å²) < 4.78 is 0. The zero-order valence-electron chi connectivity index (χ0n) is 14.2. The van der Waals surface area contributed by atoms with Crippen LogP contribution in [0.15, 0.2) is 24.3 Å². The summed E-state index contributed by atoms with van der Waals surface area (Å²) in [5.74, 6) is -1.60. The smallest absolute Gasteiger partial charge is 0.327 e. The number of nitrogens with zero attached hydrogens (tertiary/aromatic N) is 2. The maximum Gasteiger partial charge on any atom is 0.327 e. The number of non-ortho nitro benzene ring substituents is 1. The molecule has 1 saturated heterocycles. The van der Waals surface area contributed by atoms with Gasteiger partial charge in [-0.05, 0) is 5.56 Å². The number of amides is 1. The van der Waals surface area contributed by atoms with Crippen LogP contribution in [0.4, 0.5) is 5.69 Å². The number of carboxylic acids is 1. The number of hydrogen-bond donors (Lipinski definition) is 1. The molecule has 1 aromatic carbocycles. The van der Waals surface area contributed by atoms with Crippen LogP contribution in [0.2, 0.25) is 0 Å². The van der Waals surface area contributed by atoms with Crippen molar-refractivity contribution in [3.8, 4) is 0 Å². The standard InChI is InChI=1S/C16H18N2O6S2/c1-9(7-25-10(2)19)14(20)17-13(16(21)22)8-26-15(17)11-4-3-5-12(6-11)18(23)24/h3-6,9,13,15H,7-8H2,1-2H3,(H,21,22)/t9?,13-,15?/m0/s1. The van der Waals surface area contributed by atoms with Gasteiger partial charge in [-0.2, -0.15) is 0 Å². The van der Waals surface area contributed by atoms with Crippen LogP contribution >= 0.6 is 23.5 Å². The number of carbonyl (C=O) groups excluding carboxylic acids is 2. The molecule has 0 radical (unpaired) electrons. The summed E-state index contributed by atoms with van der Waals surface area (Å²) in [6.07, 6.45) is 0. The van der Waals surface area contributed by atoms with E-state index in [9.17, 15) is 29.6 Å². The molecule has 1 aromatic rings. The van der Waals surface area contributed by atoms with E-state index in [1.807, 2.05) is 0 Å². The summed E-state index contributed by atoms with van der Waals surface area (Å²) in [5, 5.41) is 19.7. The van der Waals surface area contributed by atoms with Gasteiger partial charge in [0, 0.05) is 36.5 Å². The normalized spacial score (nSPS) is 20.6. The van der Waals surface area contributed by atoms with Crippen molar-refractivity contribution in [2.24, 2.45) is 5.92 Å². The third kappa shape index (κ3) is 4.55. The lowest BCUT2D eigenvalue weighted by Gasteiger charge is -2.30. The first-order chi connectivity index (χ1) is 12.2. The van der Waals surface area contributed by atoms with Crippen molar-refractivity contribution in [1.29, 1.82) is 0 Å². The molecule has 0 saturated carbocycles. The number of benzene rings is 1. The van der Waals surface area contributed by atoms with E-state index < -0.39 is 28.2 Å². The van der Waals surface area contributed by atoms with Gasteiger partial charge in [0.25, 0.3) is 5.69 Å². The molecule has 0 spiro atoms. The van der Waals surface area contributed by atoms with Gasteiger partial charge in [-0.15, -0.1) is 11.8 Å². The van der Waals surface area contributed by atoms with Crippen LogP contribution in [0.25, 0.3) is 0 Å². The molecule has 2 unspecified atom stereocenters. The molecule has 1 amide bonds. The highest BCUT2D eigenvalue weighted by Gasteiger charge is 2.43. The molecule has 1 heterocycles. The molecule has 0 aromatic heterocycles. The first-order valence-corrected chi connectivity index (χ1v) is 9.80. The summed E-state index contributed by atoms with van der Waals surface area (Å²) in [4.78, 5) is 47.3. The Hall–Kier alpha value is -2.07. The van der Waals surface area contributed by atoms with E-state index in [1.54, 1.807) is 13.0 Å². The molecule has 26 heavy (non-hydrogen) atoms. The number of hydrogen-bond acceptors (Lipinski definition) is 7. The van der Waals surface area contributed by atoms with Gasteiger partial charge in [-0.25, -0.2) is 4.79 Å². The molecule has 0 bridgehead atoms. The van der Waals surface area contributed by atoms with Crippen molar-refractivity contribution in [3.63, 3.8) is 0 Å². The summed E-state index contributed by atoms with van der Waals surface area (Å²) >= 11 is 2.27. The number of nitro benzene ring substituents is 1. The van der Waals surface area contributed by atoms with E-state index >= 15 is 0 Å². The lowest BCUT2D eigenvalue weighted by molar-refractivity contribution is -0.384. The third-order valence-electron chi connectivity index (χ3n) is 3.86. The van der Waals surface area contributed by atoms with E-state index in [0.29, 0.717) is 5.56 Å². The lowest BCUT2D eigenvalue weighted by atomic mass is 10.1. The molecule has 2 rings (SSSR count). The van der Waals surface area contributed by atoms with Crippen LogP contribution in [-0.4, -0.2) is 49.5 Å². The van der Waals surface area contributed by atoms with Crippen LogP contribution in [0.1, 0.15) is 24.8 Å². The van der Waals surface area contributed by atoms with E-state index in [4.69, 9.17) is 0 Å². The van der Waals surface area contributed by atoms with E-state index in [2.05, 4.69) is 0 Å². The van der Waals surface area contributed by atoms with Crippen molar-refractivity contribution in [2.75, 3.05) is 11.5 Å². The van der Waals surface area contributed by atoms with E-state index in [0.717, 1.165) is 11.8 Å². The number of carboxylic acid groups (broad SMARTS) is 1. The Kier molecular flexibility index (Phi) is 6.65. The predicted molar refractivity (Wildman–Crippen MR) is 98.9 cm³/mol. The van der Waals surface area contributed by atoms with Gasteiger partial charge in [-0.1, -0.05) is 30.8 Å². The Bertz CT molecular complexity index is 741. The Morgan fingerprint density at radius 3 is 2.73 bits per heavy atom. The average Bonchev–Trinajstić information content (AvgIpc) is 3.04. The number of nitro groups is 1. The largest absolute Gasteiger partial charge is 0.480 e. The molecule has 8 nitrogen and oxygen atoms in total. The summed E-state index contributed by atoms with van der Waals surface area (Å²) in [6, 6.07) is 4.85. The molecule has 1 N–H and O–H groups in total. The molecule has 0 aliphatic carbocycles. The predicted octanol–water partition coefficient (Wildman–Crippen LogP) is 2.54. The number of carbonyl (C=O) groups is 3. The van der Waals surface area contributed by atoms with Crippen molar-refractivity contribution < 1.29 is 24.4 Å².